The molecule has 2 heterocycles. The third kappa shape index (κ3) is 4.17. The van der Waals surface area contributed by atoms with Gasteiger partial charge in [-0.3, -0.25) is 0 Å². The maximum absolute atomic E-state index is 12.0. The molecule has 0 spiro atoms. The molecule has 8 heteroatoms. The maximum Gasteiger partial charge on any atom is 0.250 e. The van der Waals surface area contributed by atoms with Crippen molar-refractivity contribution in [3.63, 3.8) is 0 Å². The SMILES string of the molecule is O=S(=O)(NCCNc1ncc(-c2ccccc2)s1)c1cccs1. The Bertz CT molecular complexity index is 843. The van der Waals surface area contributed by atoms with Gasteiger partial charge < -0.3 is 5.32 Å². The van der Waals surface area contributed by atoms with E-state index in [2.05, 4.69) is 15.0 Å². The fourth-order valence-electron chi connectivity index (χ4n) is 1.93. The predicted molar refractivity (Wildman–Crippen MR) is 95.5 cm³/mol. The summed E-state index contributed by atoms with van der Waals surface area (Å²) in [7, 11) is -3.40. The molecule has 0 amide bonds. The summed E-state index contributed by atoms with van der Waals surface area (Å²) in [5, 5.41) is 5.66. The van der Waals surface area contributed by atoms with Gasteiger partial charge in [0.25, 0.3) is 0 Å². The summed E-state index contributed by atoms with van der Waals surface area (Å²) in [6, 6.07) is 13.3. The van der Waals surface area contributed by atoms with Crippen molar-refractivity contribution in [2.45, 2.75) is 4.21 Å². The van der Waals surface area contributed by atoms with Crippen LogP contribution >= 0.6 is 22.7 Å². The summed E-state index contributed by atoms with van der Waals surface area (Å²) in [5.41, 5.74) is 1.12. The molecule has 0 fully saturated rings. The summed E-state index contributed by atoms with van der Waals surface area (Å²) in [5.74, 6) is 0. The first-order valence-corrected chi connectivity index (χ1v) is 10.1. The Kier molecular flexibility index (Phi) is 5.06. The Labute approximate surface area is 143 Å². The van der Waals surface area contributed by atoms with Crippen LogP contribution in [0.15, 0.2) is 58.3 Å². The first-order valence-electron chi connectivity index (χ1n) is 6.93. The molecule has 5 nitrogen and oxygen atoms in total. The quantitative estimate of drug-likeness (QED) is 0.631. The van der Waals surface area contributed by atoms with Gasteiger partial charge >= 0.3 is 0 Å². The van der Waals surface area contributed by atoms with Gasteiger partial charge in [0.15, 0.2) is 5.13 Å². The van der Waals surface area contributed by atoms with Crippen LogP contribution in [-0.4, -0.2) is 26.5 Å². The van der Waals surface area contributed by atoms with Crippen LogP contribution in [0, 0.1) is 0 Å². The zero-order valence-electron chi connectivity index (χ0n) is 12.1. The van der Waals surface area contributed by atoms with Crippen LogP contribution < -0.4 is 10.0 Å². The van der Waals surface area contributed by atoms with Crippen molar-refractivity contribution in [1.29, 1.82) is 0 Å². The van der Waals surface area contributed by atoms with E-state index >= 15 is 0 Å². The fourth-order valence-corrected chi connectivity index (χ4v) is 4.85. The topological polar surface area (TPSA) is 71.1 Å². The lowest BCUT2D eigenvalue weighted by Gasteiger charge is -2.05. The Morgan fingerprint density at radius 2 is 1.87 bits per heavy atom. The molecule has 0 saturated carbocycles. The standard InChI is InChI=1S/C15H15N3O2S3/c19-23(20,14-7-4-10-21-14)18-9-8-16-15-17-11-13(22-15)12-5-2-1-3-6-12/h1-7,10-11,18H,8-9H2,(H,16,17). The molecular formula is C15H15N3O2S3. The summed E-state index contributed by atoms with van der Waals surface area (Å²) < 4.78 is 26.8. The van der Waals surface area contributed by atoms with Crippen LogP contribution in [0.3, 0.4) is 0 Å². The largest absolute Gasteiger partial charge is 0.360 e. The molecule has 3 rings (SSSR count). The van der Waals surface area contributed by atoms with E-state index in [0.717, 1.165) is 15.6 Å². The lowest BCUT2D eigenvalue weighted by Crippen LogP contribution is -2.28. The number of rotatable bonds is 7. The van der Waals surface area contributed by atoms with Crippen LogP contribution in [0.2, 0.25) is 0 Å². The molecule has 0 aliphatic rings. The van der Waals surface area contributed by atoms with Gasteiger partial charge in [0, 0.05) is 19.3 Å². The van der Waals surface area contributed by atoms with Gasteiger partial charge in [-0.1, -0.05) is 47.7 Å². The van der Waals surface area contributed by atoms with Crippen LogP contribution in [0.4, 0.5) is 5.13 Å². The molecule has 0 saturated heterocycles. The second kappa shape index (κ2) is 7.22. The van der Waals surface area contributed by atoms with E-state index in [0.29, 0.717) is 17.3 Å². The Morgan fingerprint density at radius 3 is 2.61 bits per heavy atom. The zero-order chi connectivity index (χ0) is 16.1. The minimum Gasteiger partial charge on any atom is -0.360 e. The highest BCUT2D eigenvalue weighted by molar-refractivity contribution is 7.91. The Balaban J connectivity index is 1.51. The number of sulfonamides is 1. The summed E-state index contributed by atoms with van der Waals surface area (Å²) >= 11 is 2.75. The molecule has 0 aliphatic heterocycles. The minimum absolute atomic E-state index is 0.306. The molecule has 120 valence electrons. The van der Waals surface area contributed by atoms with E-state index in [1.54, 1.807) is 28.8 Å². The summed E-state index contributed by atoms with van der Waals surface area (Å²) in [4.78, 5) is 5.38. The Hall–Kier alpha value is -1.74. The third-order valence-electron chi connectivity index (χ3n) is 3.02. The van der Waals surface area contributed by atoms with E-state index < -0.39 is 10.0 Å². The van der Waals surface area contributed by atoms with Crippen molar-refractivity contribution < 1.29 is 8.42 Å². The monoisotopic (exact) mass is 365 g/mol. The first-order chi connectivity index (χ1) is 11.1. The average Bonchev–Trinajstić information content (AvgIpc) is 3.24. The molecule has 2 N–H and O–H groups in total. The van der Waals surface area contributed by atoms with Crippen LogP contribution in [0.25, 0.3) is 10.4 Å². The number of thiazole rings is 1. The second-order valence-corrected chi connectivity index (χ2v) is 8.62. The molecule has 0 bridgehead atoms. The number of hydrogen-bond donors (Lipinski definition) is 2. The molecular weight excluding hydrogens is 350 g/mol. The number of nitrogens with zero attached hydrogens (tertiary/aromatic N) is 1. The van der Waals surface area contributed by atoms with Gasteiger partial charge in [-0.05, 0) is 17.0 Å². The van der Waals surface area contributed by atoms with Gasteiger partial charge in [-0.25, -0.2) is 18.1 Å². The van der Waals surface area contributed by atoms with Crippen molar-refractivity contribution >= 4 is 37.8 Å². The summed E-state index contributed by atoms with van der Waals surface area (Å²) in [6.45, 7) is 0.785. The van der Waals surface area contributed by atoms with E-state index in [-0.39, 0.29) is 0 Å². The first kappa shape index (κ1) is 16.1. The number of hydrogen-bond acceptors (Lipinski definition) is 6. The molecule has 0 aliphatic carbocycles. The number of anilines is 1. The van der Waals surface area contributed by atoms with Gasteiger partial charge in [0.2, 0.25) is 10.0 Å². The van der Waals surface area contributed by atoms with E-state index in [4.69, 9.17) is 0 Å². The van der Waals surface area contributed by atoms with Crippen LogP contribution in [-0.2, 0) is 10.0 Å². The highest BCUT2D eigenvalue weighted by Gasteiger charge is 2.13. The predicted octanol–water partition coefficient (Wildman–Crippen LogP) is 3.26. The molecule has 0 unspecified atom stereocenters. The van der Waals surface area contributed by atoms with E-state index in [1.807, 2.05) is 36.5 Å². The molecule has 1 aromatic carbocycles. The van der Waals surface area contributed by atoms with Gasteiger partial charge in [0.05, 0.1) is 4.88 Å². The fraction of sp³-hybridized carbons (Fsp3) is 0.133. The lowest BCUT2D eigenvalue weighted by atomic mass is 10.2. The number of aromatic nitrogens is 1. The van der Waals surface area contributed by atoms with Crippen LogP contribution in [0.5, 0.6) is 0 Å². The highest BCUT2D eigenvalue weighted by atomic mass is 32.2. The van der Waals surface area contributed by atoms with Gasteiger partial charge in [0.1, 0.15) is 4.21 Å². The molecule has 0 atom stereocenters. The number of thiophene rings is 1. The zero-order valence-corrected chi connectivity index (χ0v) is 14.5. The van der Waals surface area contributed by atoms with E-state index in [9.17, 15) is 8.42 Å². The molecule has 0 radical (unpaired) electrons. The van der Waals surface area contributed by atoms with Crippen molar-refractivity contribution in [2.75, 3.05) is 18.4 Å². The van der Waals surface area contributed by atoms with Crippen molar-refractivity contribution in [3.8, 4) is 10.4 Å². The van der Waals surface area contributed by atoms with Gasteiger partial charge in [-0.15, -0.1) is 11.3 Å². The summed E-state index contributed by atoms with van der Waals surface area (Å²) in [6.07, 6.45) is 1.82. The molecule has 23 heavy (non-hydrogen) atoms. The smallest absolute Gasteiger partial charge is 0.250 e. The molecule has 3 aromatic rings. The minimum atomic E-state index is -3.40. The average molecular weight is 366 g/mol. The number of nitrogens with one attached hydrogen (secondary N) is 2. The number of benzene rings is 1. The molecule has 2 aromatic heterocycles. The Morgan fingerprint density at radius 1 is 1.04 bits per heavy atom. The van der Waals surface area contributed by atoms with E-state index in [1.165, 1.54) is 11.3 Å². The normalized spacial score (nSPS) is 11.5. The van der Waals surface area contributed by atoms with Crippen LogP contribution in [0.1, 0.15) is 0 Å². The van der Waals surface area contributed by atoms with Crippen molar-refractivity contribution in [2.24, 2.45) is 0 Å². The van der Waals surface area contributed by atoms with Crippen molar-refractivity contribution in [3.05, 3.63) is 54.0 Å². The highest BCUT2D eigenvalue weighted by Crippen LogP contribution is 2.28. The lowest BCUT2D eigenvalue weighted by molar-refractivity contribution is 0.585. The second-order valence-electron chi connectivity index (χ2n) is 4.65. The van der Waals surface area contributed by atoms with Crippen molar-refractivity contribution in [1.82, 2.24) is 9.71 Å². The maximum atomic E-state index is 12.0. The van der Waals surface area contributed by atoms with Gasteiger partial charge in [-0.2, -0.15) is 0 Å². The third-order valence-corrected chi connectivity index (χ3v) is 6.88.